The van der Waals surface area contributed by atoms with Crippen molar-refractivity contribution in [1.29, 1.82) is 0 Å². The first-order chi connectivity index (χ1) is 24.5. The molecule has 1 aliphatic heterocycles. The fraction of sp³-hybridized carbons (Fsp3) is 0.410. The van der Waals surface area contributed by atoms with Crippen LogP contribution in [0.4, 0.5) is 17.6 Å². The van der Waals surface area contributed by atoms with Crippen LogP contribution < -0.4 is 4.74 Å². The third kappa shape index (κ3) is 8.50. The Morgan fingerprint density at radius 2 is 1.82 bits per heavy atom. The second kappa shape index (κ2) is 15.4. The Morgan fingerprint density at radius 3 is 2.45 bits per heavy atom. The van der Waals surface area contributed by atoms with E-state index in [0.29, 0.717) is 54.3 Å². The fourth-order valence-corrected chi connectivity index (χ4v) is 6.69. The Kier molecular flexibility index (Phi) is 10.9. The molecule has 51 heavy (non-hydrogen) atoms. The quantitative estimate of drug-likeness (QED) is 0.0797. The highest BCUT2D eigenvalue weighted by molar-refractivity contribution is 6.00. The molecule has 4 aromatic rings. The summed E-state index contributed by atoms with van der Waals surface area (Å²) in [6.45, 7) is 4.35. The first-order valence-corrected chi connectivity index (χ1v) is 17.3. The molecule has 1 aliphatic carbocycles. The molecule has 6 rings (SSSR count). The number of aromatic nitrogens is 3. The second-order valence-electron chi connectivity index (χ2n) is 13.4. The predicted molar refractivity (Wildman–Crippen MR) is 188 cm³/mol. The van der Waals surface area contributed by atoms with Crippen molar-refractivity contribution in [3.05, 3.63) is 102 Å². The number of pyridine rings is 1. The molecule has 1 saturated carbocycles. The van der Waals surface area contributed by atoms with Gasteiger partial charge in [0.05, 0.1) is 22.9 Å². The van der Waals surface area contributed by atoms with E-state index < -0.39 is 24.8 Å². The van der Waals surface area contributed by atoms with Gasteiger partial charge < -0.3 is 14.4 Å². The van der Waals surface area contributed by atoms with Crippen LogP contribution in [-0.2, 0) is 9.53 Å². The largest absolute Gasteiger partial charge is 0.476 e. The van der Waals surface area contributed by atoms with E-state index >= 15 is 4.39 Å². The molecule has 270 valence electrons. The number of nitrogens with zero attached hydrogens (tertiary/aromatic N) is 5. The van der Waals surface area contributed by atoms with Crippen LogP contribution in [0.25, 0.3) is 22.0 Å². The van der Waals surface area contributed by atoms with Crippen molar-refractivity contribution < 1.29 is 31.8 Å². The maximum Gasteiger partial charge on any atom is 0.393 e. The number of halogens is 4. The summed E-state index contributed by atoms with van der Waals surface area (Å²) in [5, 5.41) is 4.33. The van der Waals surface area contributed by atoms with Gasteiger partial charge in [-0.3, -0.25) is 9.69 Å². The summed E-state index contributed by atoms with van der Waals surface area (Å²) in [5.74, 6) is -0.454. The fourth-order valence-electron chi connectivity index (χ4n) is 6.69. The van der Waals surface area contributed by atoms with E-state index in [0.717, 1.165) is 32.2 Å². The zero-order valence-corrected chi connectivity index (χ0v) is 29.1. The first kappa shape index (κ1) is 36.2. The van der Waals surface area contributed by atoms with Crippen LogP contribution >= 0.6 is 0 Å². The van der Waals surface area contributed by atoms with Crippen LogP contribution in [0.3, 0.4) is 0 Å². The van der Waals surface area contributed by atoms with Crippen molar-refractivity contribution in [2.45, 2.75) is 63.4 Å². The molecule has 2 fully saturated rings. The highest BCUT2D eigenvalue weighted by Gasteiger charge is 2.48. The third-order valence-electron chi connectivity index (χ3n) is 9.60. The molecule has 3 heterocycles. The van der Waals surface area contributed by atoms with Gasteiger partial charge in [-0.25, -0.2) is 9.67 Å². The predicted octanol–water partition coefficient (Wildman–Crippen LogP) is 8.06. The van der Waals surface area contributed by atoms with Gasteiger partial charge in [-0.1, -0.05) is 49.4 Å². The molecule has 0 bridgehead atoms. The molecule has 1 atom stereocenters. The number of fused-ring (bicyclic) bond motifs is 1. The number of carbonyl (C=O) groups is 1. The van der Waals surface area contributed by atoms with Gasteiger partial charge in [-0.05, 0) is 79.1 Å². The number of ether oxygens (including phenoxy) is 2. The number of carbonyl (C=O) groups excluding carboxylic acids is 1. The van der Waals surface area contributed by atoms with Crippen LogP contribution in [0.1, 0.15) is 68.4 Å². The Labute approximate surface area is 295 Å². The highest BCUT2D eigenvalue weighted by Crippen LogP contribution is 2.43. The Morgan fingerprint density at radius 1 is 1.06 bits per heavy atom. The minimum absolute atomic E-state index is 0.0395. The smallest absolute Gasteiger partial charge is 0.393 e. The third-order valence-corrected chi connectivity index (χ3v) is 9.60. The zero-order valence-electron chi connectivity index (χ0n) is 29.1. The lowest BCUT2D eigenvalue weighted by Crippen LogP contribution is -2.42. The molecular weight excluding hydrogens is 662 g/mol. The summed E-state index contributed by atoms with van der Waals surface area (Å²) in [4.78, 5) is 20.3. The van der Waals surface area contributed by atoms with Crippen LogP contribution in [0.15, 0.2) is 79.0 Å². The van der Waals surface area contributed by atoms with Gasteiger partial charge in [0, 0.05) is 51.1 Å². The molecular formula is C39H43F4N5O3. The number of amides is 1. The summed E-state index contributed by atoms with van der Waals surface area (Å²) in [5.41, 5.74) is 1.88. The molecule has 12 heteroatoms. The maximum absolute atomic E-state index is 15.4. The van der Waals surface area contributed by atoms with E-state index in [1.165, 1.54) is 15.8 Å². The summed E-state index contributed by atoms with van der Waals surface area (Å²) in [6.07, 6.45) is 3.21. The van der Waals surface area contributed by atoms with E-state index in [9.17, 15) is 18.0 Å². The molecule has 2 aromatic heterocycles. The molecule has 0 radical (unpaired) electrons. The van der Waals surface area contributed by atoms with Gasteiger partial charge in [0.1, 0.15) is 6.61 Å². The second-order valence-corrected chi connectivity index (χ2v) is 13.4. The van der Waals surface area contributed by atoms with Gasteiger partial charge in [0.25, 0.3) is 0 Å². The van der Waals surface area contributed by atoms with Gasteiger partial charge >= 0.3 is 6.18 Å². The van der Waals surface area contributed by atoms with Crippen molar-refractivity contribution in [3.63, 3.8) is 0 Å². The number of allylic oxidation sites excluding steroid dienone is 1. The van der Waals surface area contributed by atoms with E-state index in [4.69, 9.17) is 9.47 Å². The minimum Gasteiger partial charge on any atom is -0.476 e. The van der Waals surface area contributed by atoms with E-state index in [1.807, 2.05) is 6.08 Å². The van der Waals surface area contributed by atoms with Gasteiger partial charge in [-0.2, -0.15) is 17.6 Å². The Hall–Kier alpha value is -4.55. The topological polar surface area (TPSA) is 72.7 Å². The molecule has 2 aromatic carbocycles. The number of likely N-dealkylation sites (N-methyl/N-ethyl adjacent to an activating group) is 2. The zero-order chi connectivity index (χ0) is 36.2. The van der Waals surface area contributed by atoms with Crippen molar-refractivity contribution in [1.82, 2.24) is 24.6 Å². The average molecular weight is 706 g/mol. The van der Waals surface area contributed by atoms with Crippen molar-refractivity contribution >= 4 is 28.0 Å². The lowest BCUT2D eigenvalue weighted by molar-refractivity contribution is -0.124. The summed E-state index contributed by atoms with van der Waals surface area (Å²) >= 11 is 0. The lowest BCUT2D eigenvalue weighted by atomic mass is 9.88. The molecule has 0 N–H and O–H groups in total. The van der Waals surface area contributed by atoms with Crippen LogP contribution in [0, 0.1) is 5.95 Å². The normalized spacial score (nSPS) is 17.9. The van der Waals surface area contributed by atoms with Gasteiger partial charge in [-0.15, -0.1) is 5.10 Å². The van der Waals surface area contributed by atoms with Crippen molar-refractivity contribution in [3.8, 4) is 5.88 Å². The average Bonchev–Trinajstić information content (AvgIpc) is 3.85. The SMILES string of the molecule is CCN(C/C=C/C(=O)N(C)C)C1(COc2ccc(/C(=C(/CC(F)(F)F)c3ccccc3)c3ccc4c(c3)c(F)nn4C3CCCCO3)cn2)CC1. The monoisotopic (exact) mass is 705 g/mol. The van der Waals surface area contributed by atoms with E-state index in [-0.39, 0.29) is 28.0 Å². The minimum atomic E-state index is -4.52. The van der Waals surface area contributed by atoms with Crippen molar-refractivity contribution in [2.75, 3.05) is 40.4 Å². The number of hydrogen-bond donors (Lipinski definition) is 0. The Bertz CT molecular complexity index is 1880. The Balaban J connectivity index is 1.33. The number of alkyl halides is 3. The van der Waals surface area contributed by atoms with Crippen LogP contribution in [-0.4, -0.2) is 82.6 Å². The van der Waals surface area contributed by atoms with Crippen LogP contribution in [0.2, 0.25) is 0 Å². The molecule has 2 aliphatic rings. The maximum atomic E-state index is 15.4. The lowest BCUT2D eigenvalue weighted by Gasteiger charge is -2.29. The molecule has 0 spiro atoms. The summed E-state index contributed by atoms with van der Waals surface area (Å²) in [6, 6.07) is 16.7. The number of benzene rings is 2. The summed E-state index contributed by atoms with van der Waals surface area (Å²) < 4.78 is 71.7. The molecule has 1 unspecified atom stereocenters. The highest BCUT2D eigenvalue weighted by atomic mass is 19.4. The summed E-state index contributed by atoms with van der Waals surface area (Å²) in [7, 11) is 3.41. The standard InChI is InChI=1S/C39H43F4N5O3/c1-4-47(21-10-13-34(49)46(2)3)38(19-20-38)26-51-33-18-16-29(25-44-33)36(31(24-39(41,42)43)27-11-6-5-7-12-27)28-15-17-32-30(23-28)37(40)45-48(32)35-14-8-9-22-50-35/h5-7,10-13,15-18,23,25,35H,4,8-9,14,19-22,24,26H2,1-3H3/b13-10+,36-31-. The van der Waals surface area contributed by atoms with Gasteiger partial charge in [0.2, 0.25) is 17.7 Å². The molecule has 1 amide bonds. The van der Waals surface area contributed by atoms with E-state index in [2.05, 4.69) is 21.9 Å². The number of hydrogen-bond acceptors (Lipinski definition) is 6. The van der Waals surface area contributed by atoms with Crippen molar-refractivity contribution in [2.24, 2.45) is 0 Å². The van der Waals surface area contributed by atoms with Gasteiger partial charge in [0.15, 0.2) is 6.23 Å². The molecule has 1 saturated heterocycles. The first-order valence-electron chi connectivity index (χ1n) is 17.3. The molecule has 8 nitrogen and oxygen atoms in total. The van der Waals surface area contributed by atoms with Crippen LogP contribution in [0.5, 0.6) is 5.88 Å². The van der Waals surface area contributed by atoms with E-state index in [1.54, 1.807) is 80.8 Å². The number of rotatable bonds is 13.